The first-order chi connectivity index (χ1) is 13.6. The number of rotatable bonds is 4. The highest BCUT2D eigenvalue weighted by atomic mass is 16.1. The molecule has 1 aliphatic carbocycles. The lowest BCUT2D eigenvalue weighted by Crippen LogP contribution is -2.15. The maximum Gasteiger partial charge on any atom is 0.274 e. The van der Waals surface area contributed by atoms with Crippen LogP contribution in [0.25, 0.3) is 17.0 Å². The largest absolute Gasteiger partial charge is 0.320 e. The van der Waals surface area contributed by atoms with Crippen LogP contribution in [0.15, 0.2) is 48.8 Å². The Morgan fingerprint density at radius 2 is 2.07 bits per heavy atom. The number of aryl methyl sites for hydroxylation is 2. The molecule has 0 spiro atoms. The van der Waals surface area contributed by atoms with Crippen LogP contribution in [0.5, 0.6) is 0 Å². The summed E-state index contributed by atoms with van der Waals surface area (Å²) < 4.78 is 3.64. The number of carbonyl (C=O) groups excluding carboxylic acids is 1. The Morgan fingerprint density at radius 3 is 2.89 bits per heavy atom. The van der Waals surface area contributed by atoms with Crippen LogP contribution in [0.3, 0.4) is 0 Å². The Hall–Kier alpha value is -3.48. The van der Waals surface area contributed by atoms with E-state index in [2.05, 4.69) is 15.4 Å². The van der Waals surface area contributed by atoms with Gasteiger partial charge in [-0.15, -0.1) is 0 Å². The smallest absolute Gasteiger partial charge is 0.274 e. The Labute approximate surface area is 162 Å². The lowest BCUT2D eigenvalue weighted by atomic mass is 10.1. The normalized spacial score (nSPS) is 13.8. The van der Waals surface area contributed by atoms with E-state index in [1.807, 2.05) is 61.2 Å². The molecule has 0 unspecified atom stereocenters. The van der Waals surface area contributed by atoms with Gasteiger partial charge in [-0.05, 0) is 43.5 Å². The summed E-state index contributed by atoms with van der Waals surface area (Å²) in [5.41, 5.74) is 3.84. The standard InChI is InChI=1S/C21H20N6O/c1-13-6-7-15(19-24-20(14-8-9-14)26(2)25-19)11-16(13)23-21(28)17-12-22-18-5-3-4-10-27(17)18/h3-7,10-12,14H,8-9H2,1-2H3,(H,23,28). The molecule has 140 valence electrons. The highest BCUT2D eigenvalue weighted by Crippen LogP contribution is 2.39. The summed E-state index contributed by atoms with van der Waals surface area (Å²) in [6, 6.07) is 11.5. The Kier molecular flexibility index (Phi) is 3.75. The lowest BCUT2D eigenvalue weighted by molar-refractivity contribution is 0.102. The summed E-state index contributed by atoms with van der Waals surface area (Å²) in [5, 5.41) is 7.57. The van der Waals surface area contributed by atoms with Crippen molar-refractivity contribution < 1.29 is 4.79 Å². The average molecular weight is 372 g/mol. The molecule has 1 N–H and O–H groups in total. The summed E-state index contributed by atoms with van der Waals surface area (Å²) in [4.78, 5) is 21.8. The van der Waals surface area contributed by atoms with Crippen molar-refractivity contribution in [3.8, 4) is 11.4 Å². The molecule has 4 aromatic rings. The molecule has 3 heterocycles. The molecular formula is C21H20N6O. The van der Waals surface area contributed by atoms with Gasteiger partial charge in [-0.1, -0.05) is 18.2 Å². The molecule has 0 radical (unpaired) electrons. The number of aromatic nitrogens is 5. The Bertz CT molecular complexity index is 1200. The molecule has 28 heavy (non-hydrogen) atoms. The van der Waals surface area contributed by atoms with Gasteiger partial charge in [0.1, 0.15) is 17.2 Å². The van der Waals surface area contributed by atoms with Crippen molar-refractivity contribution in [2.24, 2.45) is 7.05 Å². The molecule has 1 saturated carbocycles. The minimum absolute atomic E-state index is 0.202. The van der Waals surface area contributed by atoms with E-state index in [1.54, 1.807) is 10.6 Å². The minimum Gasteiger partial charge on any atom is -0.320 e. The molecule has 1 aromatic carbocycles. The van der Waals surface area contributed by atoms with Gasteiger partial charge in [0.15, 0.2) is 5.82 Å². The van der Waals surface area contributed by atoms with Crippen molar-refractivity contribution in [3.63, 3.8) is 0 Å². The van der Waals surface area contributed by atoms with Crippen molar-refractivity contribution in [1.82, 2.24) is 24.1 Å². The number of pyridine rings is 1. The van der Waals surface area contributed by atoms with E-state index in [1.165, 1.54) is 12.8 Å². The quantitative estimate of drug-likeness (QED) is 0.594. The zero-order valence-corrected chi connectivity index (χ0v) is 15.8. The minimum atomic E-state index is -0.202. The maximum absolute atomic E-state index is 12.8. The molecule has 0 saturated heterocycles. The zero-order valence-electron chi connectivity index (χ0n) is 15.8. The number of carbonyl (C=O) groups is 1. The number of hydrogen-bond acceptors (Lipinski definition) is 4. The van der Waals surface area contributed by atoms with E-state index in [0.29, 0.717) is 17.4 Å². The molecule has 1 fully saturated rings. The van der Waals surface area contributed by atoms with Gasteiger partial charge in [0, 0.05) is 30.4 Å². The number of hydrogen-bond donors (Lipinski definition) is 1. The van der Waals surface area contributed by atoms with E-state index < -0.39 is 0 Å². The second-order valence-corrected chi connectivity index (χ2v) is 7.25. The first kappa shape index (κ1) is 16.7. The molecule has 7 nitrogen and oxygen atoms in total. The topological polar surface area (TPSA) is 77.1 Å². The maximum atomic E-state index is 12.8. The molecule has 0 atom stereocenters. The predicted octanol–water partition coefficient (Wildman–Crippen LogP) is 3.57. The van der Waals surface area contributed by atoms with Gasteiger partial charge >= 0.3 is 0 Å². The summed E-state index contributed by atoms with van der Waals surface area (Å²) >= 11 is 0. The molecule has 1 aliphatic rings. The van der Waals surface area contributed by atoms with Crippen molar-refractivity contribution >= 4 is 17.2 Å². The molecular weight excluding hydrogens is 352 g/mol. The van der Waals surface area contributed by atoms with Gasteiger partial charge in [-0.2, -0.15) is 5.10 Å². The van der Waals surface area contributed by atoms with Crippen LogP contribution < -0.4 is 5.32 Å². The number of imidazole rings is 1. The fraction of sp³-hybridized carbons (Fsp3) is 0.238. The number of benzene rings is 1. The molecule has 0 aliphatic heterocycles. The fourth-order valence-electron chi connectivity index (χ4n) is 3.40. The lowest BCUT2D eigenvalue weighted by Gasteiger charge is -2.09. The number of amides is 1. The SMILES string of the molecule is Cc1ccc(-c2nc(C3CC3)n(C)n2)cc1NC(=O)c1cnc2ccccn12. The summed E-state index contributed by atoms with van der Waals surface area (Å²) in [6.45, 7) is 1.97. The molecule has 3 aromatic heterocycles. The fourth-order valence-corrected chi connectivity index (χ4v) is 3.40. The van der Waals surface area contributed by atoms with Crippen LogP contribution in [-0.4, -0.2) is 30.1 Å². The van der Waals surface area contributed by atoms with E-state index in [-0.39, 0.29) is 5.91 Å². The van der Waals surface area contributed by atoms with Gasteiger partial charge in [-0.25, -0.2) is 9.97 Å². The summed E-state index contributed by atoms with van der Waals surface area (Å²) in [7, 11) is 1.94. The van der Waals surface area contributed by atoms with E-state index in [4.69, 9.17) is 4.98 Å². The molecule has 1 amide bonds. The van der Waals surface area contributed by atoms with E-state index in [9.17, 15) is 4.79 Å². The van der Waals surface area contributed by atoms with Crippen LogP contribution >= 0.6 is 0 Å². The monoisotopic (exact) mass is 372 g/mol. The zero-order chi connectivity index (χ0) is 19.3. The second kappa shape index (κ2) is 6.30. The van der Waals surface area contributed by atoms with Crippen molar-refractivity contribution in [2.45, 2.75) is 25.7 Å². The van der Waals surface area contributed by atoms with Gasteiger partial charge in [-0.3, -0.25) is 13.9 Å². The molecule has 7 heteroatoms. The van der Waals surface area contributed by atoms with E-state index >= 15 is 0 Å². The summed E-state index contributed by atoms with van der Waals surface area (Å²) in [6.07, 6.45) is 5.78. The highest BCUT2D eigenvalue weighted by Gasteiger charge is 2.29. The van der Waals surface area contributed by atoms with Crippen molar-refractivity contribution in [2.75, 3.05) is 5.32 Å². The van der Waals surface area contributed by atoms with Crippen LogP contribution in [0.4, 0.5) is 5.69 Å². The number of fused-ring (bicyclic) bond motifs is 1. The van der Waals surface area contributed by atoms with Gasteiger partial charge in [0.2, 0.25) is 0 Å². The summed E-state index contributed by atoms with van der Waals surface area (Å²) in [5.74, 6) is 2.05. The van der Waals surface area contributed by atoms with Crippen molar-refractivity contribution in [1.29, 1.82) is 0 Å². The van der Waals surface area contributed by atoms with Crippen LogP contribution in [0, 0.1) is 6.92 Å². The number of nitrogens with zero attached hydrogens (tertiary/aromatic N) is 5. The Morgan fingerprint density at radius 1 is 1.21 bits per heavy atom. The third-order valence-electron chi connectivity index (χ3n) is 5.13. The average Bonchev–Trinajstić information content (AvgIpc) is 3.32. The third-order valence-corrected chi connectivity index (χ3v) is 5.13. The first-order valence-corrected chi connectivity index (χ1v) is 9.35. The van der Waals surface area contributed by atoms with Gasteiger partial charge in [0.25, 0.3) is 5.91 Å². The van der Waals surface area contributed by atoms with E-state index in [0.717, 1.165) is 28.3 Å². The van der Waals surface area contributed by atoms with Crippen LogP contribution in [0.2, 0.25) is 0 Å². The third kappa shape index (κ3) is 2.85. The Balaban J connectivity index is 1.46. The number of anilines is 1. The van der Waals surface area contributed by atoms with Crippen molar-refractivity contribution in [3.05, 3.63) is 65.9 Å². The second-order valence-electron chi connectivity index (χ2n) is 7.25. The van der Waals surface area contributed by atoms with Gasteiger partial charge < -0.3 is 5.32 Å². The highest BCUT2D eigenvalue weighted by molar-refractivity contribution is 6.04. The molecule has 5 rings (SSSR count). The van der Waals surface area contributed by atoms with Crippen LogP contribution in [0.1, 0.15) is 40.6 Å². The number of nitrogens with one attached hydrogen (secondary N) is 1. The van der Waals surface area contributed by atoms with Gasteiger partial charge in [0.05, 0.1) is 6.20 Å². The van der Waals surface area contributed by atoms with Crippen LogP contribution in [-0.2, 0) is 7.05 Å². The molecule has 0 bridgehead atoms. The first-order valence-electron chi connectivity index (χ1n) is 9.35. The predicted molar refractivity (Wildman–Crippen MR) is 106 cm³/mol.